The maximum absolute atomic E-state index is 4.44. The van der Waals surface area contributed by atoms with Crippen LogP contribution in [0.15, 0.2) is 36.5 Å². The van der Waals surface area contributed by atoms with Gasteiger partial charge >= 0.3 is 0 Å². The van der Waals surface area contributed by atoms with Crippen molar-refractivity contribution in [2.45, 2.75) is 19.4 Å². The fraction of sp³-hybridized carbons (Fsp3) is 0.400. The molecule has 3 rings (SSSR count). The maximum atomic E-state index is 4.44. The van der Waals surface area contributed by atoms with Gasteiger partial charge in [-0.2, -0.15) is 0 Å². The number of benzene rings is 1. The largest absolute Gasteiger partial charge is 0.363 e. The molecule has 1 aliphatic rings. The SMILES string of the molecule is CC1(C)CNCCN1c1ccnc2ccccc12. The Labute approximate surface area is 108 Å². The molecule has 1 N–H and O–H groups in total. The number of nitrogens with zero attached hydrogens (tertiary/aromatic N) is 2. The van der Waals surface area contributed by atoms with Crippen LogP contribution in [0.25, 0.3) is 10.9 Å². The van der Waals surface area contributed by atoms with Gasteiger partial charge in [-0.1, -0.05) is 18.2 Å². The molecular formula is C15H19N3. The molecule has 1 aromatic carbocycles. The molecule has 2 heterocycles. The molecule has 0 spiro atoms. The van der Waals surface area contributed by atoms with Crippen molar-refractivity contribution in [3.8, 4) is 0 Å². The van der Waals surface area contributed by atoms with Crippen LogP contribution in [0.1, 0.15) is 13.8 Å². The Morgan fingerprint density at radius 1 is 1.22 bits per heavy atom. The average Bonchev–Trinajstić information content (AvgIpc) is 2.38. The standard InChI is InChI=1S/C15H19N3/c1-15(2)11-16-9-10-18(15)14-7-8-17-13-6-4-3-5-12(13)14/h3-8,16H,9-11H2,1-2H3. The summed E-state index contributed by atoms with van der Waals surface area (Å²) in [5.41, 5.74) is 2.51. The van der Waals surface area contributed by atoms with E-state index in [0.29, 0.717) is 0 Å². The predicted molar refractivity (Wildman–Crippen MR) is 76.0 cm³/mol. The minimum atomic E-state index is 0.141. The molecule has 3 nitrogen and oxygen atoms in total. The summed E-state index contributed by atoms with van der Waals surface area (Å²) in [6.07, 6.45) is 1.91. The lowest BCUT2D eigenvalue weighted by atomic mass is 9.98. The van der Waals surface area contributed by atoms with E-state index in [0.717, 1.165) is 25.2 Å². The van der Waals surface area contributed by atoms with E-state index in [9.17, 15) is 0 Å². The van der Waals surface area contributed by atoms with Crippen LogP contribution in [0.5, 0.6) is 0 Å². The number of aromatic nitrogens is 1. The second-order valence-electron chi connectivity index (χ2n) is 5.49. The molecule has 0 saturated carbocycles. The number of fused-ring (bicyclic) bond motifs is 1. The van der Waals surface area contributed by atoms with Crippen LogP contribution in [0, 0.1) is 0 Å². The average molecular weight is 241 g/mol. The second kappa shape index (κ2) is 4.25. The van der Waals surface area contributed by atoms with Crippen molar-refractivity contribution >= 4 is 16.6 Å². The highest BCUT2D eigenvalue weighted by Gasteiger charge is 2.30. The Balaban J connectivity index is 2.13. The molecule has 0 atom stereocenters. The van der Waals surface area contributed by atoms with Crippen molar-refractivity contribution in [2.75, 3.05) is 24.5 Å². The van der Waals surface area contributed by atoms with Crippen molar-refractivity contribution in [1.29, 1.82) is 0 Å². The summed E-state index contributed by atoms with van der Waals surface area (Å²) >= 11 is 0. The maximum Gasteiger partial charge on any atom is 0.0722 e. The number of piperazine rings is 1. The van der Waals surface area contributed by atoms with Crippen LogP contribution in [0.4, 0.5) is 5.69 Å². The van der Waals surface area contributed by atoms with E-state index in [-0.39, 0.29) is 5.54 Å². The van der Waals surface area contributed by atoms with Gasteiger partial charge in [-0.25, -0.2) is 0 Å². The van der Waals surface area contributed by atoms with Gasteiger partial charge in [0.05, 0.1) is 5.52 Å². The van der Waals surface area contributed by atoms with Crippen LogP contribution in [-0.4, -0.2) is 30.2 Å². The number of rotatable bonds is 1. The summed E-state index contributed by atoms with van der Waals surface area (Å²) in [7, 11) is 0. The molecule has 2 aromatic rings. The van der Waals surface area contributed by atoms with E-state index in [1.54, 1.807) is 0 Å². The summed E-state index contributed by atoms with van der Waals surface area (Å²) < 4.78 is 0. The Hall–Kier alpha value is -1.61. The minimum absolute atomic E-state index is 0.141. The first kappa shape index (κ1) is 11.5. The van der Waals surface area contributed by atoms with Crippen LogP contribution >= 0.6 is 0 Å². The molecule has 3 heteroatoms. The van der Waals surface area contributed by atoms with Crippen LogP contribution in [0.2, 0.25) is 0 Å². The number of para-hydroxylation sites is 1. The smallest absolute Gasteiger partial charge is 0.0722 e. The molecule has 94 valence electrons. The first-order chi connectivity index (χ1) is 8.68. The lowest BCUT2D eigenvalue weighted by Crippen LogP contribution is -2.58. The number of hydrogen-bond acceptors (Lipinski definition) is 3. The minimum Gasteiger partial charge on any atom is -0.363 e. The summed E-state index contributed by atoms with van der Waals surface area (Å²) in [6, 6.07) is 10.5. The zero-order valence-electron chi connectivity index (χ0n) is 11.0. The Bertz CT molecular complexity index is 557. The summed E-state index contributed by atoms with van der Waals surface area (Å²) in [5, 5.41) is 4.71. The lowest BCUT2D eigenvalue weighted by Gasteiger charge is -2.44. The van der Waals surface area contributed by atoms with E-state index in [4.69, 9.17) is 0 Å². The van der Waals surface area contributed by atoms with Gasteiger partial charge in [0.2, 0.25) is 0 Å². The zero-order chi connectivity index (χ0) is 12.6. The first-order valence-corrected chi connectivity index (χ1v) is 6.51. The van der Waals surface area contributed by atoms with Crippen molar-refractivity contribution < 1.29 is 0 Å². The van der Waals surface area contributed by atoms with Gasteiger partial charge in [-0.15, -0.1) is 0 Å². The topological polar surface area (TPSA) is 28.2 Å². The first-order valence-electron chi connectivity index (χ1n) is 6.51. The molecule has 1 aromatic heterocycles. The second-order valence-corrected chi connectivity index (χ2v) is 5.49. The van der Waals surface area contributed by atoms with Crippen LogP contribution < -0.4 is 10.2 Å². The molecule has 0 aliphatic carbocycles. The van der Waals surface area contributed by atoms with Crippen molar-refractivity contribution in [3.63, 3.8) is 0 Å². The Morgan fingerprint density at radius 2 is 2.06 bits per heavy atom. The quantitative estimate of drug-likeness (QED) is 0.831. The van der Waals surface area contributed by atoms with E-state index < -0.39 is 0 Å². The van der Waals surface area contributed by atoms with Gasteiger partial charge < -0.3 is 10.2 Å². The molecule has 0 radical (unpaired) electrons. The molecule has 1 aliphatic heterocycles. The van der Waals surface area contributed by atoms with Gasteiger partial charge in [-0.05, 0) is 26.0 Å². The third-order valence-electron chi connectivity index (χ3n) is 3.72. The summed E-state index contributed by atoms with van der Waals surface area (Å²) in [6.45, 7) is 7.67. The van der Waals surface area contributed by atoms with Crippen molar-refractivity contribution in [2.24, 2.45) is 0 Å². The molecular weight excluding hydrogens is 222 g/mol. The van der Waals surface area contributed by atoms with Gasteiger partial charge in [0.15, 0.2) is 0 Å². The van der Waals surface area contributed by atoms with Gasteiger partial charge in [0.1, 0.15) is 0 Å². The van der Waals surface area contributed by atoms with Crippen molar-refractivity contribution in [1.82, 2.24) is 10.3 Å². The van der Waals surface area contributed by atoms with Gasteiger partial charge in [-0.3, -0.25) is 4.98 Å². The zero-order valence-corrected chi connectivity index (χ0v) is 11.0. The Kier molecular flexibility index (Phi) is 2.71. The lowest BCUT2D eigenvalue weighted by molar-refractivity contribution is 0.381. The van der Waals surface area contributed by atoms with Crippen LogP contribution in [-0.2, 0) is 0 Å². The molecule has 1 saturated heterocycles. The normalized spacial score (nSPS) is 19.1. The number of pyridine rings is 1. The fourth-order valence-electron chi connectivity index (χ4n) is 2.75. The molecule has 0 bridgehead atoms. The highest BCUT2D eigenvalue weighted by atomic mass is 15.3. The van der Waals surface area contributed by atoms with Gasteiger partial charge in [0, 0.05) is 42.4 Å². The van der Waals surface area contributed by atoms with Gasteiger partial charge in [0.25, 0.3) is 0 Å². The van der Waals surface area contributed by atoms with E-state index >= 15 is 0 Å². The highest BCUT2D eigenvalue weighted by molar-refractivity contribution is 5.91. The summed E-state index contributed by atoms with van der Waals surface area (Å²) in [4.78, 5) is 6.94. The monoisotopic (exact) mass is 241 g/mol. The summed E-state index contributed by atoms with van der Waals surface area (Å²) in [5.74, 6) is 0. The van der Waals surface area contributed by atoms with E-state index in [1.165, 1.54) is 11.1 Å². The third kappa shape index (κ3) is 1.85. The highest BCUT2D eigenvalue weighted by Crippen LogP contribution is 2.31. The third-order valence-corrected chi connectivity index (χ3v) is 3.72. The number of anilines is 1. The molecule has 0 unspecified atom stereocenters. The van der Waals surface area contributed by atoms with Crippen LogP contribution in [0.3, 0.4) is 0 Å². The Morgan fingerprint density at radius 3 is 2.89 bits per heavy atom. The van der Waals surface area contributed by atoms with E-state index in [1.807, 2.05) is 12.3 Å². The number of nitrogens with one attached hydrogen (secondary N) is 1. The van der Waals surface area contributed by atoms with Crippen molar-refractivity contribution in [3.05, 3.63) is 36.5 Å². The van der Waals surface area contributed by atoms with E-state index in [2.05, 4.69) is 53.3 Å². The molecule has 18 heavy (non-hydrogen) atoms. The molecule has 0 amide bonds. The molecule has 1 fully saturated rings. The predicted octanol–water partition coefficient (Wildman–Crippen LogP) is 2.42. The number of hydrogen-bond donors (Lipinski definition) is 1. The fourth-order valence-corrected chi connectivity index (χ4v) is 2.75.